The summed E-state index contributed by atoms with van der Waals surface area (Å²) in [5, 5.41) is 23.1. The van der Waals surface area contributed by atoms with Gasteiger partial charge in [-0.1, -0.05) is 0 Å². The van der Waals surface area contributed by atoms with Crippen LogP contribution in [-0.4, -0.2) is 34.2 Å². The fourth-order valence-electron chi connectivity index (χ4n) is 2.52. The van der Waals surface area contributed by atoms with Crippen molar-refractivity contribution in [3.05, 3.63) is 33.9 Å². The molecule has 0 amide bonds. The van der Waals surface area contributed by atoms with Gasteiger partial charge in [-0.2, -0.15) is 0 Å². The molecule has 0 bridgehead atoms. The highest BCUT2D eigenvalue weighted by atomic mass is 16.6. The first-order chi connectivity index (χ1) is 9.78. The molecule has 1 atom stereocenters. The monoisotopic (exact) mass is 294 g/mol. The first-order valence-electron chi connectivity index (χ1n) is 6.71. The van der Waals surface area contributed by atoms with Crippen molar-refractivity contribution in [2.75, 3.05) is 11.9 Å². The van der Waals surface area contributed by atoms with Crippen molar-refractivity contribution in [3.63, 3.8) is 0 Å². The predicted octanol–water partition coefficient (Wildman–Crippen LogP) is 2.66. The Bertz CT molecular complexity index is 570. The van der Waals surface area contributed by atoms with Crippen LogP contribution in [0.4, 0.5) is 11.4 Å². The largest absolute Gasteiger partial charge is 0.478 e. The highest BCUT2D eigenvalue weighted by Gasteiger charge is 2.29. The van der Waals surface area contributed by atoms with E-state index in [4.69, 9.17) is 4.74 Å². The molecule has 7 nitrogen and oxygen atoms in total. The van der Waals surface area contributed by atoms with Gasteiger partial charge in [-0.3, -0.25) is 10.1 Å². The van der Waals surface area contributed by atoms with E-state index in [-0.39, 0.29) is 22.9 Å². The average molecular weight is 294 g/mol. The first-order valence-corrected chi connectivity index (χ1v) is 6.71. The average Bonchev–Trinajstić information content (AvgIpc) is 2.37. The summed E-state index contributed by atoms with van der Waals surface area (Å²) in [7, 11) is 0. The third-order valence-electron chi connectivity index (χ3n) is 3.50. The lowest BCUT2D eigenvalue weighted by Crippen LogP contribution is -2.40. The Morgan fingerprint density at radius 2 is 2.24 bits per heavy atom. The second kappa shape index (κ2) is 5.69. The van der Waals surface area contributed by atoms with E-state index in [1.54, 1.807) is 0 Å². The van der Waals surface area contributed by atoms with E-state index in [0.717, 1.165) is 18.9 Å². The van der Waals surface area contributed by atoms with Gasteiger partial charge in [0.25, 0.3) is 5.69 Å². The summed E-state index contributed by atoms with van der Waals surface area (Å²) in [5.74, 6) is -1.19. The molecular weight excluding hydrogens is 276 g/mol. The topological polar surface area (TPSA) is 102 Å². The SMILES string of the molecule is CC1(C)CC(Nc2ccc([N+](=O)[O-])cc2C(=O)O)CCO1. The summed E-state index contributed by atoms with van der Waals surface area (Å²) in [6, 6.07) is 3.91. The number of ether oxygens (including phenoxy) is 1. The van der Waals surface area contributed by atoms with Crippen LogP contribution in [0, 0.1) is 10.1 Å². The van der Waals surface area contributed by atoms with Crippen LogP contribution in [0.2, 0.25) is 0 Å². The van der Waals surface area contributed by atoms with Gasteiger partial charge in [-0.25, -0.2) is 4.79 Å². The second-order valence-corrected chi connectivity index (χ2v) is 5.73. The molecular formula is C14H18N2O5. The molecule has 2 rings (SSSR count). The Labute approximate surface area is 122 Å². The standard InChI is InChI=1S/C14H18N2O5/c1-14(2)8-9(5-6-21-14)15-12-4-3-10(16(19)20)7-11(12)13(17)18/h3-4,7,9,15H,5-6,8H2,1-2H3,(H,17,18). The zero-order valence-corrected chi connectivity index (χ0v) is 12.0. The lowest BCUT2D eigenvalue weighted by atomic mass is 9.93. The summed E-state index contributed by atoms with van der Waals surface area (Å²) >= 11 is 0. The molecule has 1 aromatic rings. The smallest absolute Gasteiger partial charge is 0.338 e. The van der Waals surface area contributed by atoms with Crippen LogP contribution in [0.5, 0.6) is 0 Å². The van der Waals surface area contributed by atoms with Crippen LogP contribution in [0.3, 0.4) is 0 Å². The molecule has 7 heteroatoms. The predicted molar refractivity (Wildman–Crippen MR) is 76.7 cm³/mol. The third kappa shape index (κ3) is 3.69. The molecule has 21 heavy (non-hydrogen) atoms. The lowest BCUT2D eigenvalue weighted by molar-refractivity contribution is -0.384. The van der Waals surface area contributed by atoms with Crippen molar-refractivity contribution < 1.29 is 19.6 Å². The number of nitro benzene ring substituents is 1. The summed E-state index contributed by atoms with van der Waals surface area (Å²) in [4.78, 5) is 21.4. The maximum absolute atomic E-state index is 11.3. The van der Waals surface area contributed by atoms with Crippen LogP contribution in [0.1, 0.15) is 37.0 Å². The minimum Gasteiger partial charge on any atom is -0.478 e. The quantitative estimate of drug-likeness (QED) is 0.654. The van der Waals surface area contributed by atoms with Gasteiger partial charge in [0.15, 0.2) is 0 Å². The van der Waals surface area contributed by atoms with Crippen LogP contribution in [0.15, 0.2) is 18.2 Å². The molecule has 1 saturated heterocycles. The van der Waals surface area contributed by atoms with E-state index in [2.05, 4.69) is 5.32 Å². The van der Waals surface area contributed by atoms with E-state index in [1.807, 2.05) is 13.8 Å². The number of carboxylic acids is 1. The van der Waals surface area contributed by atoms with Gasteiger partial charge in [-0.05, 0) is 32.8 Å². The maximum atomic E-state index is 11.3. The minimum atomic E-state index is -1.19. The number of non-ortho nitro benzene ring substituents is 1. The molecule has 1 fully saturated rings. The number of nitrogens with one attached hydrogen (secondary N) is 1. The van der Waals surface area contributed by atoms with E-state index >= 15 is 0 Å². The van der Waals surface area contributed by atoms with Crippen molar-refractivity contribution in [3.8, 4) is 0 Å². The number of nitro groups is 1. The Hall–Kier alpha value is -2.15. The van der Waals surface area contributed by atoms with Gasteiger partial charge < -0.3 is 15.2 Å². The van der Waals surface area contributed by atoms with Crippen molar-refractivity contribution in [1.29, 1.82) is 0 Å². The molecule has 0 saturated carbocycles. The normalized spacial score (nSPS) is 20.8. The van der Waals surface area contributed by atoms with E-state index in [1.165, 1.54) is 12.1 Å². The molecule has 0 spiro atoms. The molecule has 1 unspecified atom stereocenters. The molecule has 2 N–H and O–H groups in total. The van der Waals surface area contributed by atoms with Crippen LogP contribution >= 0.6 is 0 Å². The Kier molecular flexibility index (Phi) is 4.13. The number of hydrogen-bond acceptors (Lipinski definition) is 5. The number of hydrogen-bond donors (Lipinski definition) is 2. The van der Waals surface area contributed by atoms with E-state index in [0.29, 0.717) is 12.3 Å². The zero-order valence-electron chi connectivity index (χ0n) is 12.0. The molecule has 1 aliphatic rings. The summed E-state index contributed by atoms with van der Waals surface area (Å²) < 4.78 is 5.62. The van der Waals surface area contributed by atoms with E-state index < -0.39 is 10.9 Å². The Morgan fingerprint density at radius 1 is 1.52 bits per heavy atom. The molecule has 0 radical (unpaired) electrons. The molecule has 0 aromatic heterocycles. The lowest BCUT2D eigenvalue weighted by Gasteiger charge is -2.36. The molecule has 114 valence electrons. The number of carboxylic acid groups (broad SMARTS) is 1. The number of aromatic carboxylic acids is 1. The highest BCUT2D eigenvalue weighted by Crippen LogP contribution is 2.29. The van der Waals surface area contributed by atoms with Crippen LogP contribution in [0.25, 0.3) is 0 Å². The molecule has 1 aromatic carbocycles. The number of nitrogens with zero attached hydrogens (tertiary/aromatic N) is 1. The fraction of sp³-hybridized carbons (Fsp3) is 0.500. The van der Waals surface area contributed by atoms with Crippen molar-refractivity contribution in [1.82, 2.24) is 0 Å². The van der Waals surface area contributed by atoms with Crippen LogP contribution < -0.4 is 5.32 Å². The number of carbonyl (C=O) groups is 1. The summed E-state index contributed by atoms with van der Waals surface area (Å²) in [6.45, 7) is 4.56. The van der Waals surface area contributed by atoms with Gasteiger partial charge >= 0.3 is 5.97 Å². The van der Waals surface area contributed by atoms with Gasteiger partial charge in [0.1, 0.15) is 0 Å². The Morgan fingerprint density at radius 3 is 2.81 bits per heavy atom. The van der Waals surface area contributed by atoms with Gasteiger partial charge in [0.05, 0.1) is 16.1 Å². The maximum Gasteiger partial charge on any atom is 0.338 e. The number of rotatable bonds is 4. The molecule has 1 aliphatic heterocycles. The van der Waals surface area contributed by atoms with Gasteiger partial charge in [0.2, 0.25) is 0 Å². The van der Waals surface area contributed by atoms with Gasteiger partial charge in [0, 0.05) is 30.5 Å². The van der Waals surface area contributed by atoms with Gasteiger partial charge in [-0.15, -0.1) is 0 Å². The Balaban J connectivity index is 2.23. The van der Waals surface area contributed by atoms with Crippen molar-refractivity contribution in [2.24, 2.45) is 0 Å². The fourth-order valence-corrected chi connectivity index (χ4v) is 2.52. The number of anilines is 1. The minimum absolute atomic E-state index is 0.0771. The second-order valence-electron chi connectivity index (χ2n) is 5.73. The van der Waals surface area contributed by atoms with Crippen molar-refractivity contribution in [2.45, 2.75) is 38.3 Å². The van der Waals surface area contributed by atoms with Crippen LogP contribution in [-0.2, 0) is 4.74 Å². The summed E-state index contributed by atoms with van der Waals surface area (Å²) in [6.07, 6.45) is 1.50. The highest BCUT2D eigenvalue weighted by molar-refractivity contribution is 5.95. The number of benzene rings is 1. The summed E-state index contributed by atoms with van der Waals surface area (Å²) in [5.41, 5.74) is -0.186. The van der Waals surface area contributed by atoms with E-state index in [9.17, 15) is 20.0 Å². The molecule has 1 heterocycles. The third-order valence-corrected chi connectivity index (χ3v) is 3.50. The zero-order chi connectivity index (χ0) is 15.6. The van der Waals surface area contributed by atoms with Crippen molar-refractivity contribution >= 4 is 17.3 Å². The molecule has 0 aliphatic carbocycles. The first kappa shape index (κ1) is 15.2.